The van der Waals surface area contributed by atoms with Crippen molar-refractivity contribution < 1.29 is 17.9 Å². The van der Waals surface area contributed by atoms with Crippen LogP contribution in [0, 0.1) is 6.92 Å². The maximum Gasteiger partial charge on any atom is 0.268 e. The maximum atomic E-state index is 13.8. The van der Waals surface area contributed by atoms with E-state index in [0.29, 0.717) is 18.8 Å². The first-order valence-corrected chi connectivity index (χ1v) is 13.8. The number of ether oxygens (including phenoxy) is 1. The highest BCUT2D eigenvalue weighted by molar-refractivity contribution is 7.93. The van der Waals surface area contributed by atoms with Crippen molar-refractivity contribution in [2.24, 2.45) is 0 Å². The molecule has 1 aliphatic rings. The number of anilines is 1. The molecule has 1 amide bonds. The van der Waals surface area contributed by atoms with Crippen LogP contribution in [0.4, 0.5) is 5.69 Å². The average molecular weight is 520 g/mol. The van der Waals surface area contributed by atoms with Gasteiger partial charge >= 0.3 is 0 Å². The number of sulfonamides is 1. The Morgan fingerprint density at radius 3 is 2.24 bits per heavy atom. The van der Waals surface area contributed by atoms with E-state index in [1.165, 1.54) is 11.4 Å². The number of hydrogen-bond acceptors (Lipinski definition) is 5. The highest BCUT2D eigenvalue weighted by Gasteiger charge is 2.32. The average Bonchev–Trinajstić information content (AvgIpc) is 2.93. The molecular formula is C29H33N3O4S. The van der Waals surface area contributed by atoms with Crippen molar-refractivity contribution in [1.29, 1.82) is 0 Å². The van der Waals surface area contributed by atoms with Gasteiger partial charge in [-0.15, -0.1) is 0 Å². The molecular weight excluding hydrogens is 486 g/mol. The Kier molecular flexibility index (Phi) is 8.63. The quantitative estimate of drug-likeness (QED) is 0.427. The first-order chi connectivity index (χ1) is 17.9. The van der Waals surface area contributed by atoms with Gasteiger partial charge in [0.05, 0.1) is 12.8 Å². The van der Waals surface area contributed by atoms with Gasteiger partial charge in [0, 0.05) is 32.7 Å². The van der Waals surface area contributed by atoms with Crippen LogP contribution in [0.5, 0.6) is 5.75 Å². The smallest absolute Gasteiger partial charge is 0.268 e. The molecule has 0 radical (unpaired) electrons. The topological polar surface area (TPSA) is 70.2 Å². The highest BCUT2D eigenvalue weighted by Crippen LogP contribution is 2.31. The Balaban J connectivity index is 1.46. The maximum absolute atomic E-state index is 13.8. The third kappa shape index (κ3) is 6.58. The van der Waals surface area contributed by atoms with Gasteiger partial charge in [-0.3, -0.25) is 14.0 Å². The number of rotatable bonds is 9. The molecule has 1 fully saturated rings. The molecule has 0 aromatic heterocycles. The van der Waals surface area contributed by atoms with Crippen molar-refractivity contribution in [3.8, 4) is 5.75 Å². The molecule has 0 N–H and O–H groups in total. The Bertz CT molecular complexity index is 1320. The molecule has 0 atom stereocenters. The van der Waals surface area contributed by atoms with Crippen molar-refractivity contribution >= 4 is 27.7 Å². The van der Waals surface area contributed by atoms with Gasteiger partial charge in [-0.1, -0.05) is 66.7 Å². The number of methoxy groups -OCH3 is 1. The second-order valence-corrected chi connectivity index (χ2v) is 10.8. The van der Waals surface area contributed by atoms with Crippen molar-refractivity contribution in [2.45, 2.75) is 11.8 Å². The highest BCUT2D eigenvalue weighted by atomic mass is 32.2. The number of benzene rings is 3. The summed E-state index contributed by atoms with van der Waals surface area (Å²) in [5.41, 5.74) is 2.38. The van der Waals surface area contributed by atoms with Gasteiger partial charge < -0.3 is 9.64 Å². The fourth-order valence-corrected chi connectivity index (χ4v) is 5.98. The van der Waals surface area contributed by atoms with Crippen LogP contribution in [0.15, 0.2) is 89.8 Å². The predicted molar refractivity (Wildman–Crippen MR) is 147 cm³/mol. The standard InChI is InChI=1S/C29H33N3O4S/c1-24-15-16-27(36-2)28(22-24)37(34,35)32(26-13-7-4-8-14-26)23-29(33)31-20-18-30(19-21-31)17-9-12-25-10-5-3-6-11-25/h3-16,22H,17-21,23H2,1-2H3/b12-9+. The monoisotopic (exact) mass is 519 g/mol. The SMILES string of the molecule is COc1ccc(C)cc1S(=O)(=O)N(CC(=O)N1CCN(C/C=C/c2ccccc2)CC1)c1ccccc1. The summed E-state index contributed by atoms with van der Waals surface area (Å²) in [7, 11) is -2.62. The number of amides is 1. The fraction of sp³-hybridized carbons (Fsp3) is 0.276. The van der Waals surface area contributed by atoms with Gasteiger partial charge in [-0.2, -0.15) is 0 Å². The summed E-state index contributed by atoms with van der Waals surface area (Å²) in [6.07, 6.45) is 4.23. The van der Waals surface area contributed by atoms with Crippen LogP contribution in [-0.2, 0) is 14.8 Å². The Morgan fingerprint density at radius 1 is 0.946 bits per heavy atom. The van der Waals surface area contributed by atoms with E-state index >= 15 is 0 Å². The molecule has 0 unspecified atom stereocenters. The number of carbonyl (C=O) groups excluding carboxylic acids is 1. The van der Waals surface area contributed by atoms with Crippen molar-refractivity contribution in [3.63, 3.8) is 0 Å². The molecule has 1 saturated heterocycles. The normalized spacial score (nSPS) is 14.6. The lowest BCUT2D eigenvalue weighted by Gasteiger charge is -2.35. The summed E-state index contributed by atoms with van der Waals surface area (Å²) in [5.74, 6) is 0.0228. The minimum atomic E-state index is -4.06. The lowest BCUT2D eigenvalue weighted by atomic mass is 10.2. The summed E-state index contributed by atoms with van der Waals surface area (Å²) in [6.45, 7) is 4.91. The number of hydrogen-bond donors (Lipinski definition) is 0. The van der Waals surface area contributed by atoms with Crippen LogP contribution < -0.4 is 9.04 Å². The summed E-state index contributed by atoms with van der Waals surface area (Å²) >= 11 is 0. The zero-order valence-electron chi connectivity index (χ0n) is 21.3. The van der Waals surface area contributed by atoms with Crippen LogP contribution in [0.2, 0.25) is 0 Å². The van der Waals surface area contributed by atoms with Crippen molar-refractivity contribution in [2.75, 3.05) is 50.7 Å². The van der Waals surface area contributed by atoms with Gasteiger partial charge in [0.15, 0.2) is 0 Å². The first-order valence-electron chi connectivity index (χ1n) is 12.3. The van der Waals surface area contributed by atoms with Gasteiger partial charge in [-0.05, 0) is 42.3 Å². The van der Waals surface area contributed by atoms with Crippen molar-refractivity contribution in [1.82, 2.24) is 9.80 Å². The van der Waals surface area contributed by atoms with E-state index in [1.807, 2.05) is 31.2 Å². The molecule has 4 rings (SSSR count). The van der Waals surface area contributed by atoms with Gasteiger partial charge in [0.2, 0.25) is 5.91 Å². The molecule has 3 aromatic rings. The third-order valence-corrected chi connectivity index (χ3v) is 8.20. The van der Waals surface area contributed by atoms with E-state index in [9.17, 15) is 13.2 Å². The Labute approximate surface area is 219 Å². The van der Waals surface area contributed by atoms with Gasteiger partial charge in [0.25, 0.3) is 10.0 Å². The van der Waals surface area contributed by atoms with E-state index in [2.05, 4.69) is 29.2 Å². The molecule has 0 bridgehead atoms. The fourth-order valence-electron chi connectivity index (χ4n) is 4.32. The number of nitrogens with zero attached hydrogens (tertiary/aromatic N) is 3. The molecule has 194 valence electrons. The zero-order chi connectivity index (χ0) is 26.3. The molecule has 7 nitrogen and oxygen atoms in total. The summed E-state index contributed by atoms with van der Waals surface area (Å²) < 4.78 is 34.2. The van der Waals surface area contributed by atoms with Crippen LogP contribution >= 0.6 is 0 Å². The molecule has 3 aromatic carbocycles. The van der Waals surface area contributed by atoms with E-state index in [1.54, 1.807) is 47.4 Å². The summed E-state index contributed by atoms with van der Waals surface area (Å²) in [5, 5.41) is 0. The number of aryl methyl sites for hydroxylation is 1. The minimum Gasteiger partial charge on any atom is -0.495 e. The lowest BCUT2D eigenvalue weighted by Crippen LogP contribution is -2.51. The van der Waals surface area contributed by atoms with Crippen LogP contribution in [0.3, 0.4) is 0 Å². The summed E-state index contributed by atoms with van der Waals surface area (Å²) in [6, 6.07) is 23.9. The second-order valence-electron chi connectivity index (χ2n) is 9.00. The molecule has 1 aliphatic heterocycles. The lowest BCUT2D eigenvalue weighted by molar-refractivity contribution is -0.131. The first kappa shape index (κ1) is 26.4. The number of piperazine rings is 1. The summed E-state index contributed by atoms with van der Waals surface area (Å²) in [4.78, 5) is 17.4. The van der Waals surface area contributed by atoms with Crippen LogP contribution in [-0.4, -0.2) is 70.5 Å². The van der Waals surface area contributed by atoms with E-state index in [0.717, 1.165) is 30.8 Å². The Morgan fingerprint density at radius 2 is 1.59 bits per heavy atom. The molecule has 0 saturated carbocycles. The molecule has 8 heteroatoms. The molecule has 37 heavy (non-hydrogen) atoms. The number of para-hydroxylation sites is 1. The molecule has 0 aliphatic carbocycles. The van der Waals surface area contributed by atoms with E-state index in [4.69, 9.17) is 4.74 Å². The molecule has 1 heterocycles. The van der Waals surface area contributed by atoms with Gasteiger partial charge in [-0.25, -0.2) is 8.42 Å². The van der Waals surface area contributed by atoms with Gasteiger partial charge in [0.1, 0.15) is 17.2 Å². The zero-order valence-corrected chi connectivity index (χ0v) is 22.1. The van der Waals surface area contributed by atoms with E-state index < -0.39 is 10.0 Å². The largest absolute Gasteiger partial charge is 0.495 e. The second kappa shape index (κ2) is 12.1. The van der Waals surface area contributed by atoms with Crippen LogP contribution in [0.1, 0.15) is 11.1 Å². The van der Waals surface area contributed by atoms with Crippen molar-refractivity contribution in [3.05, 3.63) is 96.1 Å². The van der Waals surface area contributed by atoms with Crippen LogP contribution in [0.25, 0.3) is 6.08 Å². The number of carbonyl (C=O) groups is 1. The third-order valence-electron chi connectivity index (χ3n) is 6.41. The predicted octanol–water partition coefficient (Wildman–Crippen LogP) is 4.06. The Hall–Kier alpha value is -3.62. The minimum absolute atomic E-state index is 0.0432. The van der Waals surface area contributed by atoms with E-state index in [-0.39, 0.29) is 23.1 Å². The molecule has 0 spiro atoms.